The van der Waals surface area contributed by atoms with Gasteiger partial charge in [0.2, 0.25) is 0 Å². The molecule has 152 valence electrons. The number of rotatable bonds is 6. The van der Waals surface area contributed by atoms with Gasteiger partial charge in [-0.15, -0.1) is 0 Å². The standard InChI is InChI=1S/C24H21NO5/c26-23(15-18-8-11-21-22(14-18)29-13-12-28-21)30-16-17-6-9-19(10-7-17)24(27)25-20-4-2-1-3-5-20/h1-11,14H,12-13,15-16H2,(H,25,27). The maximum Gasteiger partial charge on any atom is 0.310 e. The normalized spacial score (nSPS) is 12.1. The summed E-state index contributed by atoms with van der Waals surface area (Å²) in [6.45, 7) is 1.17. The largest absolute Gasteiger partial charge is 0.486 e. The van der Waals surface area contributed by atoms with Crippen molar-refractivity contribution in [3.8, 4) is 11.5 Å². The molecule has 1 N–H and O–H groups in total. The minimum atomic E-state index is -0.336. The van der Waals surface area contributed by atoms with Crippen LogP contribution in [0, 0.1) is 0 Å². The quantitative estimate of drug-likeness (QED) is 0.630. The molecule has 0 atom stereocenters. The number of ether oxygens (including phenoxy) is 3. The molecule has 6 heteroatoms. The summed E-state index contributed by atoms with van der Waals surface area (Å²) in [6, 6.07) is 21.7. The van der Waals surface area contributed by atoms with E-state index in [4.69, 9.17) is 14.2 Å². The second-order valence-corrected chi connectivity index (χ2v) is 6.83. The van der Waals surface area contributed by atoms with Crippen LogP contribution in [0.3, 0.4) is 0 Å². The number of fused-ring (bicyclic) bond motifs is 1. The summed E-state index contributed by atoms with van der Waals surface area (Å²) in [6.07, 6.45) is 0.147. The van der Waals surface area contributed by atoms with E-state index >= 15 is 0 Å². The lowest BCUT2D eigenvalue weighted by Crippen LogP contribution is -2.16. The molecule has 0 unspecified atom stereocenters. The molecule has 0 saturated heterocycles. The molecule has 30 heavy (non-hydrogen) atoms. The summed E-state index contributed by atoms with van der Waals surface area (Å²) in [5.74, 6) is 0.812. The van der Waals surface area contributed by atoms with Crippen LogP contribution in [0.1, 0.15) is 21.5 Å². The molecule has 1 heterocycles. The number of anilines is 1. The monoisotopic (exact) mass is 403 g/mol. The predicted octanol–water partition coefficient (Wildman–Crippen LogP) is 4.00. The molecule has 4 rings (SSSR count). The van der Waals surface area contributed by atoms with Gasteiger partial charge < -0.3 is 19.5 Å². The molecule has 3 aromatic carbocycles. The van der Waals surface area contributed by atoms with Crippen molar-refractivity contribution in [1.29, 1.82) is 0 Å². The molecule has 3 aromatic rings. The van der Waals surface area contributed by atoms with Crippen LogP contribution in [0.5, 0.6) is 11.5 Å². The smallest absolute Gasteiger partial charge is 0.310 e. The molecule has 0 aromatic heterocycles. The van der Waals surface area contributed by atoms with E-state index in [1.807, 2.05) is 36.4 Å². The zero-order chi connectivity index (χ0) is 20.8. The van der Waals surface area contributed by atoms with E-state index < -0.39 is 0 Å². The van der Waals surface area contributed by atoms with E-state index in [1.165, 1.54) is 0 Å². The van der Waals surface area contributed by atoms with Crippen LogP contribution in [0.25, 0.3) is 0 Å². The van der Waals surface area contributed by atoms with Crippen LogP contribution >= 0.6 is 0 Å². The van der Waals surface area contributed by atoms with Crippen molar-refractivity contribution in [2.75, 3.05) is 18.5 Å². The minimum Gasteiger partial charge on any atom is -0.486 e. The molecular formula is C24H21NO5. The van der Waals surface area contributed by atoms with Gasteiger partial charge in [-0.2, -0.15) is 0 Å². The van der Waals surface area contributed by atoms with Gasteiger partial charge in [0.05, 0.1) is 6.42 Å². The van der Waals surface area contributed by atoms with Crippen molar-refractivity contribution >= 4 is 17.6 Å². The van der Waals surface area contributed by atoms with Crippen LogP contribution in [-0.4, -0.2) is 25.1 Å². The Morgan fingerprint density at radius 1 is 0.833 bits per heavy atom. The first kappa shape index (κ1) is 19.5. The highest BCUT2D eigenvalue weighted by Gasteiger charge is 2.14. The summed E-state index contributed by atoms with van der Waals surface area (Å²) >= 11 is 0. The summed E-state index contributed by atoms with van der Waals surface area (Å²) in [5.41, 5.74) is 2.88. The summed E-state index contributed by atoms with van der Waals surface area (Å²) in [7, 11) is 0. The van der Waals surface area contributed by atoms with E-state index in [1.54, 1.807) is 36.4 Å². The van der Waals surface area contributed by atoms with Gasteiger partial charge >= 0.3 is 5.97 Å². The number of esters is 1. The zero-order valence-corrected chi connectivity index (χ0v) is 16.3. The fraction of sp³-hybridized carbons (Fsp3) is 0.167. The van der Waals surface area contributed by atoms with E-state index in [9.17, 15) is 9.59 Å². The Bertz CT molecular complexity index is 1030. The van der Waals surface area contributed by atoms with Crippen molar-refractivity contribution in [3.63, 3.8) is 0 Å². The summed E-state index contributed by atoms with van der Waals surface area (Å²) in [4.78, 5) is 24.5. The molecular weight excluding hydrogens is 382 g/mol. The second-order valence-electron chi connectivity index (χ2n) is 6.83. The molecule has 1 aliphatic heterocycles. The average Bonchev–Trinajstić information content (AvgIpc) is 2.78. The lowest BCUT2D eigenvalue weighted by molar-refractivity contribution is -0.144. The van der Waals surface area contributed by atoms with Gasteiger partial charge in [0.1, 0.15) is 19.8 Å². The number of nitrogens with one attached hydrogen (secondary N) is 1. The van der Waals surface area contributed by atoms with Crippen molar-refractivity contribution in [2.45, 2.75) is 13.0 Å². The number of hydrogen-bond acceptors (Lipinski definition) is 5. The highest BCUT2D eigenvalue weighted by atomic mass is 16.6. The van der Waals surface area contributed by atoms with Crippen LogP contribution in [0.15, 0.2) is 72.8 Å². The van der Waals surface area contributed by atoms with Crippen LogP contribution in [0.2, 0.25) is 0 Å². The molecule has 0 saturated carbocycles. The highest BCUT2D eigenvalue weighted by molar-refractivity contribution is 6.04. The molecule has 0 radical (unpaired) electrons. The molecule has 1 amide bonds. The third-order valence-corrected chi connectivity index (χ3v) is 4.60. The Kier molecular flexibility index (Phi) is 5.94. The van der Waals surface area contributed by atoms with Crippen molar-refractivity contribution in [1.82, 2.24) is 0 Å². The van der Waals surface area contributed by atoms with Gasteiger partial charge in [0.25, 0.3) is 5.91 Å². The molecule has 0 bridgehead atoms. The Morgan fingerprint density at radius 3 is 2.30 bits per heavy atom. The van der Waals surface area contributed by atoms with Crippen molar-refractivity contribution in [3.05, 3.63) is 89.5 Å². The SMILES string of the molecule is O=C(Cc1ccc2c(c1)OCCO2)OCc1ccc(C(=O)Nc2ccccc2)cc1. The number of para-hydroxylation sites is 1. The highest BCUT2D eigenvalue weighted by Crippen LogP contribution is 2.30. The van der Waals surface area contributed by atoms with Crippen LogP contribution in [-0.2, 0) is 22.6 Å². The van der Waals surface area contributed by atoms with Gasteiger partial charge in [-0.1, -0.05) is 36.4 Å². The minimum absolute atomic E-state index is 0.143. The summed E-state index contributed by atoms with van der Waals surface area (Å²) < 4.78 is 16.4. The summed E-state index contributed by atoms with van der Waals surface area (Å²) in [5, 5.41) is 2.83. The number of amides is 1. The fourth-order valence-electron chi connectivity index (χ4n) is 3.06. The van der Waals surface area contributed by atoms with Gasteiger partial charge in [0, 0.05) is 11.3 Å². The maximum atomic E-state index is 12.3. The van der Waals surface area contributed by atoms with E-state index in [2.05, 4.69) is 5.32 Å². The van der Waals surface area contributed by atoms with Crippen LogP contribution in [0.4, 0.5) is 5.69 Å². The van der Waals surface area contributed by atoms with E-state index in [0.29, 0.717) is 30.3 Å². The molecule has 0 spiro atoms. The lowest BCUT2D eigenvalue weighted by atomic mass is 10.1. The lowest BCUT2D eigenvalue weighted by Gasteiger charge is -2.18. The molecule has 6 nitrogen and oxygen atoms in total. The first-order chi connectivity index (χ1) is 14.7. The Morgan fingerprint density at radius 2 is 1.53 bits per heavy atom. The Balaban J connectivity index is 1.28. The van der Waals surface area contributed by atoms with Gasteiger partial charge in [-0.05, 0) is 47.5 Å². The zero-order valence-electron chi connectivity index (χ0n) is 16.3. The van der Waals surface area contributed by atoms with Gasteiger partial charge in [-0.25, -0.2) is 0 Å². The number of benzene rings is 3. The second kappa shape index (κ2) is 9.13. The molecule has 0 fully saturated rings. The first-order valence-corrected chi connectivity index (χ1v) is 9.67. The van der Waals surface area contributed by atoms with Crippen molar-refractivity contribution in [2.24, 2.45) is 0 Å². The number of carbonyl (C=O) groups excluding carboxylic acids is 2. The van der Waals surface area contributed by atoms with E-state index in [-0.39, 0.29) is 24.9 Å². The average molecular weight is 403 g/mol. The van der Waals surface area contributed by atoms with Gasteiger partial charge in [-0.3, -0.25) is 9.59 Å². The molecule has 1 aliphatic rings. The van der Waals surface area contributed by atoms with E-state index in [0.717, 1.165) is 16.8 Å². The number of carbonyl (C=O) groups is 2. The molecule has 0 aliphatic carbocycles. The number of hydrogen-bond donors (Lipinski definition) is 1. The maximum absolute atomic E-state index is 12.3. The topological polar surface area (TPSA) is 73.9 Å². The third kappa shape index (κ3) is 4.97. The third-order valence-electron chi connectivity index (χ3n) is 4.60. The van der Waals surface area contributed by atoms with Crippen LogP contribution < -0.4 is 14.8 Å². The fourth-order valence-corrected chi connectivity index (χ4v) is 3.06. The predicted molar refractivity (Wildman–Crippen MR) is 112 cm³/mol. The van der Waals surface area contributed by atoms with Gasteiger partial charge in [0.15, 0.2) is 11.5 Å². The first-order valence-electron chi connectivity index (χ1n) is 9.67. The Labute approximate surface area is 174 Å². The Hall–Kier alpha value is -3.80. The van der Waals surface area contributed by atoms with Crippen molar-refractivity contribution < 1.29 is 23.8 Å².